The molecular weight excluding hydrogens is 297 g/mol. The zero-order chi connectivity index (χ0) is 15.7. The van der Waals surface area contributed by atoms with Gasteiger partial charge in [-0.3, -0.25) is 4.79 Å². The van der Waals surface area contributed by atoms with E-state index < -0.39 is 0 Å². The Kier molecular flexibility index (Phi) is 4.12. The lowest BCUT2D eigenvalue weighted by Crippen LogP contribution is -2.12. The van der Waals surface area contributed by atoms with Crippen LogP contribution in [-0.2, 0) is 0 Å². The van der Waals surface area contributed by atoms with E-state index in [1.54, 1.807) is 23.5 Å². The van der Waals surface area contributed by atoms with E-state index in [1.165, 1.54) is 17.0 Å². The predicted molar refractivity (Wildman–Crippen MR) is 89.1 cm³/mol. The molecule has 0 saturated heterocycles. The molecule has 0 bridgehead atoms. The van der Waals surface area contributed by atoms with Crippen LogP contribution < -0.4 is 0 Å². The van der Waals surface area contributed by atoms with Crippen LogP contribution in [0.25, 0.3) is 10.9 Å². The second-order valence-electron chi connectivity index (χ2n) is 5.91. The Morgan fingerprint density at radius 1 is 1.27 bits per heavy atom. The third-order valence-corrected chi connectivity index (χ3v) is 5.01. The van der Waals surface area contributed by atoms with Gasteiger partial charge in [-0.25, -0.2) is 4.39 Å². The van der Waals surface area contributed by atoms with E-state index in [0.717, 1.165) is 10.9 Å². The van der Waals surface area contributed by atoms with Crippen molar-refractivity contribution < 1.29 is 9.18 Å². The summed E-state index contributed by atoms with van der Waals surface area (Å²) in [5, 5.41) is 2.78. The number of fused-ring (bicyclic) bond motifs is 1. The van der Waals surface area contributed by atoms with Crippen molar-refractivity contribution in [2.45, 2.75) is 26.2 Å². The van der Waals surface area contributed by atoms with Crippen molar-refractivity contribution in [3.05, 3.63) is 58.2 Å². The summed E-state index contributed by atoms with van der Waals surface area (Å²) < 4.78 is 13.3. The Labute approximate surface area is 133 Å². The molecule has 0 fully saturated rings. The number of H-pyrrole nitrogens is 1. The Balaban J connectivity index is 1.85. The fraction of sp³-hybridized carbons (Fsp3) is 0.278. The lowest BCUT2D eigenvalue weighted by Gasteiger charge is -2.18. The summed E-state index contributed by atoms with van der Waals surface area (Å²) in [6.07, 6.45) is 0.466. The van der Waals surface area contributed by atoms with E-state index in [-0.39, 0.29) is 17.5 Å². The normalized spacial score (nSPS) is 12.9. The SMILES string of the molecule is CC(C)C(CC(=O)c1cc2cc(F)ccc2[nH]1)c1cccs1. The summed E-state index contributed by atoms with van der Waals surface area (Å²) >= 11 is 1.69. The number of aromatic amines is 1. The number of thiophene rings is 1. The number of carbonyl (C=O) groups is 1. The van der Waals surface area contributed by atoms with Crippen LogP contribution in [-0.4, -0.2) is 10.8 Å². The Morgan fingerprint density at radius 3 is 2.77 bits per heavy atom. The highest BCUT2D eigenvalue weighted by Gasteiger charge is 2.22. The minimum atomic E-state index is -0.288. The second-order valence-corrected chi connectivity index (χ2v) is 6.89. The number of hydrogen-bond acceptors (Lipinski definition) is 2. The Hall–Kier alpha value is -1.94. The zero-order valence-electron chi connectivity index (χ0n) is 12.6. The van der Waals surface area contributed by atoms with Crippen molar-refractivity contribution in [3.8, 4) is 0 Å². The molecule has 3 aromatic rings. The van der Waals surface area contributed by atoms with Crippen LogP contribution in [0.15, 0.2) is 41.8 Å². The molecule has 2 aromatic heterocycles. The van der Waals surface area contributed by atoms with E-state index in [0.29, 0.717) is 18.0 Å². The van der Waals surface area contributed by atoms with Crippen LogP contribution >= 0.6 is 11.3 Å². The summed E-state index contributed by atoms with van der Waals surface area (Å²) in [5.74, 6) is 0.396. The van der Waals surface area contributed by atoms with Gasteiger partial charge in [-0.2, -0.15) is 0 Å². The molecule has 0 aliphatic heterocycles. The molecule has 0 saturated carbocycles. The summed E-state index contributed by atoms with van der Waals surface area (Å²) in [7, 11) is 0. The Morgan fingerprint density at radius 2 is 2.09 bits per heavy atom. The van der Waals surface area contributed by atoms with Gasteiger partial charge in [-0.1, -0.05) is 19.9 Å². The zero-order valence-corrected chi connectivity index (χ0v) is 13.4. The first-order valence-electron chi connectivity index (χ1n) is 7.39. The summed E-state index contributed by atoms with van der Waals surface area (Å²) in [6.45, 7) is 4.27. The first-order valence-corrected chi connectivity index (χ1v) is 8.27. The van der Waals surface area contributed by atoms with Crippen molar-refractivity contribution >= 4 is 28.0 Å². The highest BCUT2D eigenvalue weighted by Crippen LogP contribution is 2.32. The van der Waals surface area contributed by atoms with E-state index >= 15 is 0 Å². The van der Waals surface area contributed by atoms with Gasteiger partial charge < -0.3 is 4.98 Å². The van der Waals surface area contributed by atoms with Crippen LogP contribution in [0.2, 0.25) is 0 Å². The highest BCUT2D eigenvalue weighted by molar-refractivity contribution is 7.10. The number of Topliss-reactive ketones (excluding diaryl/α,β-unsaturated/α-hetero) is 1. The number of ketones is 1. The minimum absolute atomic E-state index is 0.0729. The van der Waals surface area contributed by atoms with Gasteiger partial charge in [-0.05, 0) is 41.6 Å². The van der Waals surface area contributed by atoms with Gasteiger partial charge in [0.25, 0.3) is 0 Å². The fourth-order valence-electron chi connectivity index (χ4n) is 2.73. The molecule has 2 heterocycles. The van der Waals surface area contributed by atoms with Gasteiger partial charge in [0.05, 0.1) is 5.69 Å². The van der Waals surface area contributed by atoms with Crippen molar-refractivity contribution in [1.82, 2.24) is 4.98 Å². The molecule has 1 N–H and O–H groups in total. The maximum atomic E-state index is 13.3. The molecule has 2 nitrogen and oxygen atoms in total. The van der Waals surface area contributed by atoms with Gasteiger partial charge in [0.1, 0.15) is 5.82 Å². The van der Waals surface area contributed by atoms with Crippen LogP contribution in [0.3, 0.4) is 0 Å². The van der Waals surface area contributed by atoms with E-state index in [9.17, 15) is 9.18 Å². The first kappa shape index (κ1) is 15.0. The van der Waals surface area contributed by atoms with Gasteiger partial charge in [0.15, 0.2) is 5.78 Å². The lowest BCUT2D eigenvalue weighted by molar-refractivity contribution is 0.0963. The van der Waals surface area contributed by atoms with E-state index in [1.807, 2.05) is 11.4 Å². The number of aromatic nitrogens is 1. The largest absolute Gasteiger partial charge is 0.352 e. The Bertz CT molecular complexity index is 789. The minimum Gasteiger partial charge on any atom is -0.352 e. The number of carbonyl (C=O) groups excluding carboxylic acids is 1. The summed E-state index contributed by atoms with van der Waals surface area (Å²) in [4.78, 5) is 16.9. The van der Waals surface area contributed by atoms with Crippen LogP contribution in [0.1, 0.15) is 41.6 Å². The average molecular weight is 315 g/mol. The monoisotopic (exact) mass is 315 g/mol. The van der Waals surface area contributed by atoms with Crippen LogP contribution in [0.4, 0.5) is 4.39 Å². The van der Waals surface area contributed by atoms with Crippen molar-refractivity contribution in [1.29, 1.82) is 0 Å². The maximum Gasteiger partial charge on any atom is 0.179 e. The van der Waals surface area contributed by atoms with Crippen LogP contribution in [0, 0.1) is 11.7 Å². The number of halogens is 1. The molecule has 0 aliphatic carbocycles. The molecule has 1 unspecified atom stereocenters. The van der Waals surface area contributed by atoms with Gasteiger partial charge in [-0.15, -0.1) is 11.3 Å². The van der Waals surface area contributed by atoms with Crippen molar-refractivity contribution in [2.24, 2.45) is 5.92 Å². The lowest BCUT2D eigenvalue weighted by atomic mass is 9.88. The number of benzene rings is 1. The maximum absolute atomic E-state index is 13.3. The first-order chi connectivity index (χ1) is 10.5. The molecular formula is C18H18FNOS. The van der Waals surface area contributed by atoms with Crippen molar-refractivity contribution in [2.75, 3.05) is 0 Å². The van der Waals surface area contributed by atoms with Gasteiger partial charge in [0.2, 0.25) is 0 Å². The van der Waals surface area contributed by atoms with E-state index in [4.69, 9.17) is 0 Å². The quantitative estimate of drug-likeness (QED) is 0.630. The molecule has 0 amide bonds. The molecule has 22 heavy (non-hydrogen) atoms. The average Bonchev–Trinajstić information content (AvgIpc) is 3.12. The molecule has 0 spiro atoms. The third kappa shape index (κ3) is 2.97. The van der Waals surface area contributed by atoms with Crippen LogP contribution in [0.5, 0.6) is 0 Å². The smallest absolute Gasteiger partial charge is 0.179 e. The molecule has 0 aliphatic rings. The molecule has 1 atom stereocenters. The van der Waals surface area contributed by atoms with E-state index in [2.05, 4.69) is 24.9 Å². The number of rotatable bonds is 5. The number of nitrogens with one attached hydrogen (secondary N) is 1. The molecule has 0 radical (unpaired) electrons. The summed E-state index contributed by atoms with van der Waals surface area (Å²) in [5.41, 5.74) is 1.35. The second kappa shape index (κ2) is 6.05. The molecule has 1 aromatic carbocycles. The molecule has 3 rings (SSSR count). The van der Waals surface area contributed by atoms with Gasteiger partial charge in [0, 0.05) is 28.1 Å². The van der Waals surface area contributed by atoms with Crippen molar-refractivity contribution in [3.63, 3.8) is 0 Å². The molecule has 4 heteroatoms. The molecule has 114 valence electrons. The standard InChI is InChI=1S/C18H18FNOS/c1-11(2)14(18-4-3-7-22-18)10-17(21)16-9-12-8-13(19)5-6-15(12)20-16/h3-9,11,14,20H,10H2,1-2H3. The topological polar surface area (TPSA) is 32.9 Å². The third-order valence-electron chi connectivity index (χ3n) is 4.00. The number of hydrogen-bond donors (Lipinski definition) is 1. The fourth-order valence-corrected chi connectivity index (χ4v) is 3.73. The van der Waals surface area contributed by atoms with Gasteiger partial charge >= 0.3 is 0 Å². The summed E-state index contributed by atoms with van der Waals surface area (Å²) in [6, 6.07) is 10.4. The highest BCUT2D eigenvalue weighted by atomic mass is 32.1. The predicted octanol–water partition coefficient (Wildman–Crippen LogP) is 5.38.